The first kappa shape index (κ1) is 16.0. The van der Waals surface area contributed by atoms with Crippen molar-refractivity contribution in [1.82, 2.24) is 0 Å². The van der Waals surface area contributed by atoms with Gasteiger partial charge in [0.05, 0.1) is 29.3 Å². The molecule has 0 aliphatic carbocycles. The van der Waals surface area contributed by atoms with Crippen molar-refractivity contribution < 1.29 is 28.0 Å². The summed E-state index contributed by atoms with van der Waals surface area (Å²) in [6.07, 6.45) is -0.0535. The van der Waals surface area contributed by atoms with Crippen molar-refractivity contribution >= 4 is 11.7 Å². The van der Waals surface area contributed by atoms with Crippen LogP contribution >= 0.6 is 0 Å². The van der Waals surface area contributed by atoms with E-state index in [2.05, 4.69) is 4.74 Å². The lowest BCUT2D eigenvalue weighted by molar-refractivity contribution is -0.387. The van der Waals surface area contributed by atoms with Crippen LogP contribution in [-0.4, -0.2) is 30.2 Å². The Morgan fingerprint density at radius 3 is 2.50 bits per heavy atom. The third-order valence-corrected chi connectivity index (χ3v) is 2.22. The summed E-state index contributed by atoms with van der Waals surface area (Å²) in [6.45, 7) is 3.55. The number of benzene rings is 1. The topological polar surface area (TPSA) is 78.7 Å². The predicted molar refractivity (Wildman–Crippen MR) is 64.4 cm³/mol. The number of nitrogens with zero attached hydrogens (tertiary/aromatic N) is 1. The van der Waals surface area contributed by atoms with E-state index in [0.717, 1.165) is 0 Å². The highest BCUT2D eigenvalue weighted by Crippen LogP contribution is 2.21. The molecule has 0 spiro atoms. The van der Waals surface area contributed by atoms with Crippen LogP contribution in [0.4, 0.5) is 14.5 Å². The summed E-state index contributed by atoms with van der Waals surface area (Å²) in [4.78, 5) is 20.8. The molecule has 0 saturated heterocycles. The zero-order chi connectivity index (χ0) is 15.3. The van der Waals surface area contributed by atoms with Crippen molar-refractivity contribution in [3.63, 3.8) is 0 Å². The highest BCUT2D eigenvalue weighted by molar-refractivity contribution is 5.90. The number of hydrogen-bond donors (Lipinski definition) is 0. The molecule has 0 saturated carbocycles. The van der Waals surface area contributed by atoms with Crippen LogP contribution < -0.4 is 0 Å². The predicted octanol–water partition coefficient (Wildman–Crippen LogP) is 2.45. The average molecular weight is 289 g/mol. The third-order valence-electron chi connectivity index (χ3n) is 2.22. The lowest BCUT2D eigenvalue weighted by Crippen LogP contribution is -2.15. The molecule has 0 unspecified atom stereocenters. The van der Waals surface area contributed by atoms with E-state index in [-0.39, 0.29) is 19.3 Å². The maximum Gasteiger partial charge on any atom is 0.341 e. The number of nitro benzene ring substituents is 1. The van der Waals surface area contributed by atoms with Crippen LogP contribution in [0.5, 0.6) is 0 Å². The monoisotopic (exact) mass is 289 g/mol. The SMILES string of the molecule is CC(C)OCCOC(=O)c1cc(F)c([N+](=O)[O-])cc1F. The van der Waals surface area contributed by atoms with Crippen molar-refractivity contribution in [1.29, 1.82) is 0 Å². The van der Waals surface area contributed by atoms with E-state index < -0.39 is 33.8 Å². The molecule has 0 atom stereocenters. The van der Waals surface area contributed by atoms with Gasteiger partial charge < -0.3 is 9.47 Å². The first-order valence-corrected chi connectivity index (χ1v) is 5.75. The average Bonchev–Trinajstić information content (AvgIpc) is 2.36. The van der Waals surface area contributed by atoms with Gasteiger partial charge in [0.1, 0.15) is 12.4 Å². The van der Waals surface area contributed by atoms with Crippen LogP contribution in [0.3, 0.4) is 0 Å². The van der Waals surface area contributed by atoms with E-state index in [1.165, 1.54) is 0 Å². The van der Waals surface area contributed by atoms with Crippen LogP contribution in [0, 0.1) is 21.7 Å². The molecule has 0 radical (unpaired) electrons. The lowest BCUT2D eigenvalue weighted by atomic mass is 10.2. The zero-order valence-corrected chi connectivity index (χ0v) is 10.9. The Hall–Kier alpha value is -2.09. The van der Waals surface area contributed by atoms with Crippen LogP contribution in [0.1, 0.15) is 24.2 Å². The van der Waals surface area contributed by atoms with Gasteiger partial charge >= 0.3 is 11.7 Å². The van der Waals surface area contributed by atoms with Gasteiger partial charge in [-0.05, 0) is 19.9 Å². The minimum atomic E-state index is -1.30. The number of hydrogen-bond acceptors (Lipinski definition) is 5. The maximum atomic E-state index is 13.5. The fraction of sp³-hybridized carbons (Fsp3) is 0.417. The Bertz CT molecular complexity index is 519. The van der Waals surface area contributed by atoms with Gasteiger partial charge in [-0.25, -0.2) is 9.18 Å². The minimum Gasteiger partial charge on any atom is -0.460 e. The minimum absolute atomic E-state index is 0.0535. The van der Waals surface area contributed by atoms with Gasteiger partial charge in [-0.2, -0.15) is 4.39 Å². The Kier molecular flexibility index (Phi) is 5.51. The van der Waals surface area contributed by atoms with Gasteiger partial charge in [-0.15, -0.1) is 0 Å². The highest BCUT2D eigenvalue weighted by Gasteiger charge is 2.22. The number of carbonyl (C=O) groups is 1. The quantitative estimate of drug-likeness (QED) is 0.348. The molecule has 0 aromatic heterocycles. The molecule has 20 heavy (non-hydrogen) atoms. The fourth-order valence-corrected chi connectivity index (χ4v) is 1.33. The van der Waals surface area contributed by atoms with Gasteiger partial charge in [0.2, 0.25) is 5.82 Å². The molecule has 0 fully saturated rings. The molecule has 0 bridgehead atoms. The van der Waals surface area contributed by atoms with Crippen molar-refractivity contribution in [2.24, 2.45) is 0 Å². The molecule has 1 aromatic rings. The molecule has 0 heterocycles. The van der Waals surface area contributed by atoms with Crippen molar-refractivity contribution in [3.05, 3.63) is 39.4 Å². The van der Waals surface area contributed by atoms with Gasteiger partial charge in [-0.1, -0.05) is 0 Å². The summed E-state index contributed by atoms with van der Waals surface area (Å²) in [6, 6.07) is 0.787. The maximum absolute atomic E-state index is 13.5. The highest BCUT2D eigenvalue weighted by atomic mass is 19.1. The molecular weight excluding hydrogens is 276 g/mol. The number of rotatable bonds is 6. The number of esters is 1. The summed E-state index contributed by atoms with van der Waals surface area (Å²) in [5, 5.41) is 10.4. The molecule has 110 valence electrons. The van der Waals surface area contributed by atoms with E-state index in [1.54, 1.807) is 13.8 Å². The molecule has 0 aliphatic rings. The van der Waals surface area contributed by atoms with Gasteiger partial charge in [-0.3, -0.25) is 10.1 Å². The number of halogens is 2. The van der Waals surface area contributed by atoms with E-state index >= 15 is 0 Å². The number of nitro groups is 1. The molecule has 0 N–H and O–H groups in total. The zero-order valence-electron chi connectivity index (χ0n) is 10.9. The summed E-state index contributed by atoms with van der Waals surface area (Å²) in [5.41, 5.74) is -1.74. The van der Waals surface area contributed by atoms with Crippen molar-refractivity contribution in [2.45, 2.75) is 20.0 Å². The largest absolute Gasteiger partial charge is 0.460 e. The van der Waals surface area contributed by atoms with Crippen LogP contribution in [-0.2, 0) is 9.47 Å². The normalized spacial score (nSPS) is 10.7. The second kappa shape index (κ2) is 6.90. The summed E-state index contributed by atoms with van der Waals surface area (Å²) in [5.74, 6) is -3.63. The molecular formula is C12H13F2NO5. The lowest BCUT2D eigenvalue weighted by Gasteiger charge is -2.08. The second-order valence-electron chi connectivity index (χ2n) is 4.10. The first-order valence-electron chi connectivity index (χ1n) is 5.75. The van der Waals surface area contributed by atoms with Gasteiger partial charge in [0, 0.05) is 0 Å². The second-order valence-corrected chi connectivity index (χ2v) is 4.10. The molecule has 0 aliphatic heterocycles. The van der Waals surface area contributed by atoms with Crippen LogP contribution in [0.2, 0.25) is 0 Å². The van der Waals surface area contributed by atoms with E-state index in [1.807, 2.05) is 0 Å². The fourth-order valence-electron chi connectivity index (χ4n) is 1.33. The van der Waals surface area contributed by atoms with Crippen LogP contribution in [0.15, 0.2) is 12.1 Å². The Balaban J connectivity index is 2.74. The van der Waals surface area contributed by atoms with Crippen molar-refractivity contribution in [3.8, 4) is 0 Å². The smallest absolute Gasteiger partial charge is 0.341 e. The molecule has 0 amide bonds. The number of carbonyl (C=O) groups excluding carboxylic acids is 1. The van der Waals surface area contributed by atoms with Gasteiger partial charge in [0.25, 0.3) is 0 Å². The third kappa shape index (κ3) is 4.23. The van der Waals surface area contributed by atoms with E-state index in [0.29, 0.717) is 12.1 Å². The summed E-state index contributed by atoms with van der Waals surface area (Å²) < 4.78 is 36.5. The summed E-state index contributed by atoms with van der Waals surface area (Å²) >= 11 is 0. The first-order chi connectivity index (χ1) is 9.32. The van der Waals surface area contributed by atoms with Crippen LogP contribution in [0.25, 0.3) is 0 Å². The molecule has 8 heteroatoms. The van der Waals surface area contributed by atoms with Crippen molar-refractivity contribution in [2.75, 3.05) is 13.2 Å². The summed E-state index contributed by atoms with van der Waals surface area (Å²) in [7, 11) is 0. The molecule has 6 nitrogen and oxygen atoms in total. The number of ether oxygens (including phenoxy) is 2. The molecule has 1 rings (SSSR count). The molecule has 1 aromatic carbocycles. The Labute approximate surface area is 113 Å². The van der Waals surface area contributed by atoms with E-state index in [9.17, 15) is 23.7 Å². The Morgan fingerprint density at radius 2 is 1.95 bits per heavy atom. The standard InChI is InChI=1S/C12H13F2NO5/c1-7(2)19-3-4-20-12(16)8-5-10(14)11(15(17)18)6-9(8)13/h5-7H,3-4H2,1-2H3. The Morgan fingerprint density at radius 1 is 1.30 bits per heavy atom. The van der Waals surface area contributed by atoms with Gasteiger partial charge in [0.15, 0.2) is 0 Å². The van der Waals surface area contributed by atoms with E-state index in [4.69, 9.17) is 4.74 Å².